The highest BCUT2D eigenvalue weighted by atomic mass is 16.2. The summed E-state index contributed by atoms with van der Waals surface area (Å²) in [5.41, 5.74) is 29.7. The third kappa shape index (κ3) is 20.1. The molecule has 12 aromatic rings. The predicted octanol–water partition coefficient (Wildman–Crippen LogP) is 11.0. The van der Waals surface area contributed by atoms with Gasteiger partial charge in [-0.2, -0.15) is 15.3 Å². The first-order valence-corrected chi connectivity index (χ1v) is 42.6. The van der Waals surface area contributed by atoms with Crippen LogP contribution in [0.5, 0.6) is 0 Å². The molecule has 6 aliphatic rings. The monoisotopic (exact) mass is 1680 g/mol. The lowest BCUT2D eigenvalue weighted by atomic mass is 10.1. The van der Waals surface area contributed by atoms with E-state index in [0.29, 0.717) is 159 Å². The van der Waals surface area contributed by atoms with E-state index in [9.17, 15) is 28.8 Å². The van der Waals surface area contributed by atoms with Crippen LogP contribution in [0, 0.1) is 13.8 Å². The van der Waals surface area contributed by atoms with E-state index in [-0.39, 0.29) is 53.6 Å². The van der Waals surface area contributed by atoms with E-state index in [1.54, 1.807) is 73.2 Å². The fourth-order valence-electron chi connectivity index (χ4n) is 16.1. The van der Waals surface area contributed by atoms with Crippen molar-refractivity contribution in [1.29, 1.82) is 0 Å². The average molecular weight is 1680 g/mol. The number of hydrogen-bond acceptors (Lipinski definition) is 24. The lowest BCUT2D eigenvalue weighted by Crippen LogP contribution is -2.28. The van der Waals surface area contributed by atoms with Gasteiger partial charge < -0.3 is 47.9 Å². The summed E-state index contributed by atoms with van der Waals surface area (Å²) in [4.78, 5) is 128. The maximum absolute atomic E-state index is 12.9. The molecule has 9 aromatic heterocycles. The molecule has 0 unspecified atom stereocenters. The highest BCUT2D eigenvalue weighted by Crippen LogP contribution is 2.39. The molecule has 3 aromatic carbocycles. The van der Waals surface area contributed by atoms with Gasteiger partial charge in [-0.1, -0.05) is 68.0 Å². The van der Waals surface area contributed by atoms with Crippen molar-refractivity contribution < 1.29 is 28.8 Å². The normalized spacial score (nSPS) is 17.1. The Kier molecular flexibility index (Phi) is 25.6. The van der Waals surface area contributed by atoms with Crippen LogP contribution in [-0.2, 0) is 20.8 Å². The Bertz CT molecular complexity index is 5830. The maximum atomic E-state index is 12.9. The number of nitrogen functional groups attached to an aromatic ring is 3. The first-order valence-electron chi connectivity index (χ1n) is 42.6. The van der Waals surface area contributed by atoms with Crippen molar-refractivity contribution in [2.24, 2.45) is 0 Å². The number of nitrogens with two attached hydrogens (primary N) is 3. The van der Waals surface area contributed by atoms with E-state index < -0.39 is 0 Å². The molecule has 0 bridgehead atoms. The number of amides is 6. The Balaban J connectivity index is 0.000000138. The Morgan fingerprint density at radius 2 is 0.704 bits per heavy atom. The number of likely N-dealkylation sites (tertiary alicyclic amines) is 3. The molecule has 3 aliphatic carbocycles. The van der Waals surface area contributed by atoms with Crippen LogP contribution in [-0.4, -0.2) is 237 Å². The summed E-state index contributed by atoms with van der Waals surface area (Å²) in [6.07, 6.45) is 31.9. The molecule has 33 nitrogen and oxygen atoms in total. The second-order valence-corrected chi connectivity index (χ2v) is 33.0. The van der Waals surface area contributed by atoms with Crippen molar-refractivity contribution >= 4 is 103 Å². The van der Waals surface area contributed by atoms with Gasteiger partial charge in [0.2, 0.25) is 17.7 Å². The highest BCUT2D eigenvalue weighted by Gasteiger charge is 2.36. The van der Waals surface area contributed by atoms with Crippen LogP contribution in [0.4, 0.5) is 34.9 Å². The van der Waals surface area contributed by atoms with Crippen LogP contribution in [0.3, 0.4) is 0 Å². The number of aromatic nitrogens is 15. The summed E-state index contributed by atoms with van der Waals surface area (Å²) in [5.74, 6) is 1.81. The zero-order valence-electron chi connectivity index (χ0n) is 71.0. The van der Waals surface area contributed by atoms with Gasteiger partial charge in [-0.05, 0) is 189 Å². The van der Waals surface area contributed by atoms with Gasteiger partial charge in [0.15, 0.2) is 16.9 Å². The number of carbonyl (C=O) groups excluding carboxylic acids is 6. The Morgan fingerprint density at radius 1 is 0.400 bits per heavy atom. The summed E-state index contributed by atoms with van der Waals surface area (Å²) < 4.78 is 5.60. The van der Waals surface area contributed by atoms with Crippen molar-refractivity contribution in [2.45, 2.75) is 128 Å². The fourth-order valence-corrected chi connectivity index (χ4v) is 16.1. The standard InChI is InChI=1S/C32H37N9O2.2C30H33N9O2/c1-3-5-21-13-15-34-26(18-21)37-32(43)23-9-7-22(8-10-23)29-28-30(33)35-20-36-31(28)41(38-29)25-14-17-40(19-25)27(42)6-4-16-39(2)24-11-12-24;2*1-19-11-13-32-24(16-19)35-30(41)21-7-5-20(6-8-21)27-26-28(31)33-18-34-29(26)39(36-27)23-12-15-38(17-23)25(40)4-3-14-37(2)22-9-10-22/h4,6-10,13,15,18,20,24-25H,3,5,11-12,14,16-17,19H2,1-2H3,(H2,33,35,36)(H,34,37,43);2*3-8,11,13,16,18,22-23H,9-10,12,14-15,17H2,1-2H3,(H2,31,33,34)(H,32,35,41)/b6-4+;2*4-3+/t25-;2*23-/m111/s1. The van der Waals surface area contributed by atoms with E-state index in [4.69, 9.17) is 32.5 Å². The van der Waals surface area contributed by atoms with E-state index in [2.05, 4.69) is 104 Å². The van der Waals surface area contributed by atoms with Crippen LogP contribution in [0.15, 0.2) is 183 Å². The van der Waals surface area contributed by atoms with E-state index in [1.807, 2.05) is 134 Å². The Morgan fingerprint density at radius 3 is 1.00 bits per heavy atom. The largest absolute Gasteiger partial charge is 0.383 e. The lowest BCUT2D eigenvalue weighted by Gasteiger charge is -2.16. The number of hydrogen-bond donors (Lipinski definition) is 6. The molecule has 0 spiro atoms. The van der Waals surface area contributed by atoms with Gasteiger partial charge in [-0.25, -0.2) is 58.9 Å². The molecule has 12 heterocycles. The third-order valence-corrected chi connectivity index (χ3v) is 23.7. The van der Waals surface area contributed by atoms with E-state index in [1.165, 1.54) is 57.5 Å². The second kappa shape index (κ2) is 37.8. The number of pyridine rings is 3. The SMILES string of the molecule is CCCc1ccnc(NC(=O)c2ccc(-c3nn([C@@H]4CCN(C(=O)/C=C/CN(C)C5CC5)C4)c4ncnc(N)c34)cc2)c1.Cc1ccnc(NC(=O)c2ccc(-c3nn([C@@H]4CCN(C(=O)/C=C/CN(C)C5CC5)C4)c4ncnc(N)c34)cc2)c1.Cc1ccnc(NC(=O)c2ccc(-c3nn([C@@H]4CCN(C(=O)/C=C/CN(C)C5CC5)C4)c4ncnc(N)c34)cc2)c1. The van der Waals surface area contributed by atoms with Crippen molar-refractivity contribution in [3.05, 3.63) is 217 Å². The van der Waals surface area contributed by atoms with Crippen LogP contribution in [0.1, 0.15) is 137 Å². The molecule has 9 N–H and O–H groups in total. The smallest absolute Gasteiger partial charge is 0.256 e. The average Bonchev–Trinajstić information content (AvgIpc) is 1.62. The predicted molar refractivity (Wildman–Crippen MR) is 481 cm³/mol. The quantitative estimate of drug-likeness (QED) is 0.0274. The molecular formula is C92H103N27O6. The van der Waals surface area contributed by atoms with E-state index in [0.717, 1.165) is 85.1 Å². The molecule has 18 rings (SSSR count). The highest BCUT2D eigenvalue weighted by molar-refractivity contribution is 6.07. The lowest BCUT2D eigenvalue weighted by molar-refractivity contribution is -0.125. The van der Waals surface area contributed by atoms with Crippen LogP contribution < -0.4 is 33.2 Å². The van der Waals surface area contributed by atoms with Crippen LogP contribution in [0.25, 0.3) is 66.9 Å². The minimum Gasteiger partial charge on any atom is -0.383 e. The van der Waals surface area contributed by atoms with Crippen molar-refractivity contribution in [1.82, 2.24) is 104 Å². The zero-order chi connectivity index (χ0) is 86.9. The van der Waals surface area contributed by atoms with Gasteiger partial charge in [0.1, 0.15) is 71.0 Å². The molecule has 0 radical (unpaired) electrons. The first-order chi connectivity index (χ1) is 60.6. The number of benzene rings is 3. The van der Waals surface area contributed by atoms with Gasteiger partial charge in [0, 0.05) is 147 Å². The van der Waals surface area contributed by atoms with Gasteiger partial charge >= 0.3 is 0 Å². The summed E-state index contributed by atoms with van der Waals surface area (Å²) >= 11 is 0. The molecule has 3 saturated carbocycles. The van der Waals surface area contributed by atoms with Crippen molar-refractivity contribution in [3.63, 3.8) is 0 Å². The summed E-state index contributed by atoms with van der Waals surface area (Å²) in [7, 11) is 6.29. The molecule has 33 heteroatoms. The number of likely N-dealkylation sites (N-methyl/N-ethyl adjacent to an activating group) is 3. The maximum Gasteiger partial charge on any atom is 0.256 e. The van der Waals surface area contributed by atoms with Gasteiger partial charge in [0.05, 0.1) is 34.3 Å². The number of carbonyl (C=O) groups is 6. The topological polar surface area (TPSA) is 405 Å². The number of rotatable bonds is 26. The molecular weight excluding hydrogens is 1580 g/mol. The molecule has 6 fully saturated rings. The minimum atomic E-state index is -0.253. The number of anilines is 6. The number of nitrogens with zero attached hydrogens (tertiary/aromatic N) is 21. The summed E-state index contributed by atoms with van der Waals surface area (Å²) in [5, 5.41) is 25.3. The van der Waals surface area contributed by atoms with Crippen LogP contribution in [0.2, 0.25) is 0 Å². The number of fused-ring (bicyclic) bond motifs is 3. The van der Waals surface area contributed by atoms with Gasteiger partial charge in [-0.3, -0.25) is 43.5 Å². The number of aryl methyl sites for hydroxylation is 3. The molecule has 3 atom stereocenters. The molecule has 3 aliphatic heterocycles. The van der Waals surface area contributed by atoms with Gasteiger partial charge in [0.25, 0.3) is 17.7 Å². The number of nitrogens with one attached hydrogen (secondary N) is 3. The summed E-state index contributed by atoms with van der Waals surface area (Å²) in [6.45, 7) is 11.9. The molecule has 3 saturated heterocycles. The van der Waals surface area contributed by atoms with Crippen molar-refractivity contribution in [3.8, 4) is 33.8 Å². The van der Waals surface area contributed by atoms with E-state index >= 15 is 0 Å². The minimum absolute atomic E-state index is 0.0113. The molecule has 6 amide bonds. The zero-order valence-corrected chi connectivity index (χ0v) is 71.0. The van der Waals surface area contributed by atoms with Crippen molar-refractivity contribution in [2.75, 3.05) is 113 Å². The fraction of sp³-hybridized carbons (Fsp3) is 0.348. The first kappa shape index (κ1) is 84.7. The third-order valence-electron chi connectivity index (χ3n) is 23.7. The van der Waals surface area contributed by atoms with Gasteiger partial charge in [-0.15, -0.1) is 0 Å². The molecule has 642 valence electrons. The Hall–Kier alpha value is -13.9. The summed E-state index contributed by atoms with van der Waals surface area (Å²) in [6, 6.07) is 34.6. The van der Waals surface area contributed by atoms with Crippen LogP contribution >= 0.6 is 0 Å². The molecule has 125 heavy (non-hydrogen) atoms. The Labute approximate surface area is 723 Å². The second-order valence-electron chi connectivity index (χ2n) is 33.0.